The summed E-state index contributed by atoms with van der Waals surface area (Å²) in [5, 5.41) is 7.50. The van der Waals surface area contributed by atoms with Crippen molar-refractivity contribution >= 4 is 81.3 Å². The average molecular weight is 684 g/mol. The lowest BCUT2D eigenvalue weighted by atomic mass is 9.82. The van der Waals surface area contributed by atoms with E-state index in [1.807, 2.05) is 23.5 Å². The highest BCUT2D eigenvalue weighted by atomic mass is 32.1. The summed E-state index contributed by atoms with van der Waals surface area (Å²) in [6, 6.07) is 60.0. The van der Waals surface area contributed by atoms with Gasteiger partial charge in [0.15, 0.2) is 0 Å². The van der Waals surface area contributed by atoms with Crippen molar-refractivity contribution in [2.75, 3.05) is 4.90 Å². The third-order valence-corrected chi connectivity index (χ3v) is 12.4. The maximum atomic E-state index is 6.24. The molecule has 2 nitrogen and oxygen atoms in total. The maximum Gasteiger partial charge on any atom is 0.135 e. The molecule has 2 aromatic heterocycles. The van der Waals surface area contributed by atoms with E-state index in [0.717, 1.165) is 39.0 Å². The van der Waals surface area contributed by atoms with Crippen LogP contribution in [-0.4, -0.2) is 0 Å². The molecule has 8 aromatic carbocycles. The summed E-state index contributed by atoms with van der Waals surface area (Å²) < 4.78 is 8.91. The number of furan rings is 1. The molecule has 0 aliphatic heterocycles. The first kappa shape index (κ1) is 29.6. The van der Waals surface area contributed by atoms with Crippen LogP contribution in [0.25, 0.3) is 75.1 Å². The zero-order chi connectivity index (χ0) is 34.6. The molecule has 0 spiro atoms. The summed E-state index contributed by atoms with van der Waals surface area (Å²) in [7, 11) is 0. The number of hydrogen-bond acceptors (Lipinski definition) is 3. The van der Waals surface area contributed by atoms with E-state index in [2.05, 4.69) is 170 Å². The normalized spacial score (nSPS) is 13.3. The van der Waals surface area contributed by atoms with E-state index in [-0.39, 0.29) is 5.41 Å². The van der Waals surface area contributed by atoms with Crippen LogP contribution in [0, 0.1) is 0 Å². The third kappa shape index (κ3) is 4.30. The predicted octanol–water partition coefficient (Wildman–Crippen LogP) is 14.6. The summed E-state index contributed by atoms with van der Waals surface area (Å²) in [6.45, 7) is 4.68. The molecule has 0 fully saturated rings. The maximum absolute atomic E-state index is 6.24. The van der Waals surface area contributed by atoms with Gasteiger partial charge in [0.25, 0.3) is 0 Å². The molecule has 3 heteroatoms. The average Bonchev–Trinajstić information content (AvgIpc) is 3.83. The third-order valence-electron chi connectivity index (χ3n) is 11.3. The van der Waals surface area contributed by atoms with Crippen LogP contribution in [0.3, 0.4) is 0 Å². The molecule has 2 heterocycles. The lowest BCUT2D eigenvalue weighted by molar-refractivity contribution is 0.660. The van der Waals surface area contributed by atoms with Crippen molar-refractivity contribution in [1.29, 1.82) is 0 Å². The largest absolute Gasteiger partial charge is 0.456 e. The first-order valence-corrected chi connectivity index (χ1v) is 18.7. The number of para-hydroxylation sites is 1. The molecule has 0 amide bonds. The number of nitrogens with zero attached hydrogens (tertiary/aromatic N) is 1. The fraction of sp³-hybridized carbons (Fsp3) is 0.0612. The minimum Gasteiger partial charge on any atom is -0.456 e. The molecular weight excluding hydrogens is 651 g/mol. The minimum absolute atomic E-state index is 0.0493. The summed E-state index contributed by atoms with van der Waals surface area (Å²) in [5.41, 5.74) is 12.9. The molecule has 0 radical (unpaired) electrons. The van der Waals surface area contributed by atoms with Gasteiger partial charge in [0, 0.05) is 53.4 Å². The van der Waals surface area contributed by atoms with Crippen molar-refractivity contribution in [2.24, 2.45) is 0 Å². The standard InChI is InChI=1S/C49H33NOS/c1-49(2)42-12-6-3-9-36(42)40-28-34(22-24-43(40)49)50(35-23-25-45-41(29-35)37-10-4-7-13-44(37)51-45)33-20-17-30(18-21-33)32-16-15-31-19-26-47-48(39(31)27-32)38-11-5-8-14-46(38)52-47/h3-29H,1-2H3. The lowest BCUT2D eigenvalue weighted by Crippen LogP contribution is -2.15. The van der Waals surface area contributed by atoms with E-state index >= 15 is 0 Å². The second-order valence-electron chi connectivity index (χ2n) is 14.5. The number of benzene rings is 8. The lowest BCUT2D eigenvalue weighted by Gasteiger charge is -2.27. The zero-order valence-electron chi connectivity index (χ0n) is 28.9. The van der Waals surface area contributed by atoms with Crippen molar-refractivity contribution in [3.63, 3.8) is 0 Å². The van der Waals surface area contributed by atoms with E-state index in [0.29, 0.717) is 0 Å². The fourth-order valence-electron chi connectivity index (χ4n) is 8.67. The van der Waals surface area contributed by atoms with Gasteiger partial charge >= 0.3 is 0 Å². The molecule has 52 heavy (non-hydrogen) atoms. The van der Waals surface area contributed by atoms with Gasteiger partial charge in [0.2, 0.25) is 0 Å². The van der Waals surface area contributed by atoms with Gasteiger partial charge in [-0.25, -0.2) is 0 Å². The van der Waals surface area contributed by atoms with Crippen LogP contribution < -0.4 is 4.90 Å². The molecule has 246 valence electrons. The molecular formula is C49H33NOS. The summed E-state index contributed by atoms with van der Waals surface area (Å²) in [4.78, 5) is 2.39. The Morgan fingerprint density at radius 2 is 1.13 bits per heavy atom. The van der Waals surface area contributed by atoms with Crippen molar-refractivity contribution in [2.45, 2.75) is 19.3 Å². The Labute approximate surface area is 305 Å². The Morgan fingerprint density at radius 1 is 0.462 bits per heavy atom. The number of thiophene rings is 1. The van der Waals surface area contributed by atoms with Gasteiger partial charge in [-0.1, -0.05) is 111 Å². The highest BCUT2D eigenvalue weighted by Crippen LogP contribution is 2.51. The highest BCUT2D eigenvalue weighted by Gasteiger charge is 2.35. The molecule has 0 bridgehead atoms. The van der Waals surface area contributed by atoms with Crippen LogP contribution in [0.1, 0.15) is 25.0 Å². The predicted molar refractivity (Wildman–Crippen MR) is 222 cm³/mol. The number of anilines is 3. The van der Waals surface area contributed by atoms with Crippen LogP contribution in [0.15, 0.2) is 168 Å². The van der Waals surface area contributed by atoms with Gasteiger partial charge in [-0.15, -0.1) is 11.3 Å². The van der Waals surface area contributed by atoms with Crippen LogP contribution in [0.4, 0.5) is 17.1 Å². The van der Waals surface area contributed by atoms with E-state index in [1.165, 1.54) is 64.3 Å². The Bertz CT molecular complexity index is 3050. The molecule has 0 N–H and O–H groups in total. The van der Waals surface area contributed by atoms with E-state index in [9.17, 15) is 0 Å². The second-order valence-corrected chi connectivity index (χ2v) is 15.6. The Balaban J connectivity index is 1.07. The van der Waals surface area contributed by atoms with E-state index in [1.54, 1.807) is 0 Å². The van der Waals surface area contributed by atoms with Gasteiger partial charge in [-0.05, 0) is 111 Å². The fourth-order valence-corrected chi connectivity index (χ4v) is 9.79. The van der Waals surface area contributed by atoms with Gasteiger partial charge in [0.05, 0.1) is 0 Å². The molecule has 11 rings (SSSR count). The molecule has 0 saturated heterocycles. The molecule has 0 saturated carbocycles. The molecule has 0 atom stereocenters. The molecule has 10 aromatic rings. The smallest absolute Gasteiger partial charge is 0.135 e. The topological polar surface area (TPSA) is 16.4 Å². The van der Waals surface area contributed by atoms with Gasteiger partial charge < -0.3 is 9.32 Å². The van der Waals surface area contributed by atoms with Crippen LogP contribution in [0.2, 0.25) is 0 Å². The van der Waals surface area contributed by atoms with Crippen LogP contribution >= 0.6 is 11.3 Å². The van der Waals surface area contributed by atoms with Crippen LogP contribution in [-0.2, 0) is 5.41 Å². The Kier molecular flexibility index (Phi) is 6.21. The van der Waals surface area contributed by atoms with E-state index in [4.69, 9.17) is 4.42 Å². The molecule has 0 unspecified atom stereocenters. The molecule has 1 aliphatic carbocycles. The summed E-state index contributed by atoms with van der Waals surface area (Å²) in [6.07, 6.45) is 0. The summed E-state index contributed by atoms with van der Waals surface area (Å²) >= 11 is 1.87. The van der Waals surface area contributed by atoms with Gasteiger partial charge in [0.1, 0.15) is 11.2 Å². The first-order valence-electron chi connectivity index (χ1n) is 17.9. The molecule has 1 aliphatic rings. The zero-order valence-corrected chi connectivity index (χ0v) is 29.7. The van der Waals surface area contributed by atoms with Crippen molar-refractivity contribution in [3.05, 3.63) is 175 Å². The van der Waals surface area contributed by atoms with Gasteiger partial charge in [-0.3, -0.25) is 0 Å². The summed E-state index contributed by atoms with van der Waals surface area (Å²) in [5.74, 6) is 0. The first-order chi connectivity index (χ1) is 25.5. The van der Waals surface area contributed by atoms with Crippen LogP contribution in [0.5, 0.6) is 0 Å². The quantitative estimate of drug-likeness (QED) is 0.184. The number of hydrogen-bond donors (Lipinski definition) is 0. The second kappa shape index (κ2) is 10.9. The highest BCUT2D eigenvalue weighted by molar-refractivity contribution is 7.26. The van der Waals surface area contributed by atoms with Crippen molar-refractivity contribution in [3.8, 4) is 22.3 Å². The van der Waals surface area contributed by atoms with Gasteiger partial charge in [-0.2, -0.15) is 0 Å². The minimum atomic E-state index is -0.0493. The van der Waals surface area contributed by atoms with Crippen molar-refractivity contribution < 1.29 is 4.42 Å². The monoisotopic (exact) mass is 683 g/mol. The Morgan fingerprint density at radius 3 is 2.04 bits per heavy atom. The van der Waals surface area contributed by atoms with Crippen molar-refractivity contribution in [1.82, 2.24) is 0 Å². The number of rotatable bonds is 4. The van der Waals surface area contributed by atoms with E-state index < -0.39 is 0 Å². The Hall–Kier alpha value is -6.16. The SMILES string of the molecule is CC1(C)c2ccccc2-c2cc(N(c3ccc(-c4ccc5ccc6sc7ccccc7c6c5c4)cc3)c3ccc4oc5ccccc5c4c3)ccc21. The number of fused-ring (bicyclic) bond motifs is 11.